The van der Waals surface area contributed by atoms with Crippen LogP contribution in [0.5, 0.6) is 0 Å². The molecule has 7 aliphatic rings. The van der Waals surface area contributed by atoms with Gasteiger partial charge in [-0.2, -0.15) is 17.2 Å². The number of halogens is 2. The lowest BCUT2D eigenvalue weighted by molar-refractivity contribution is -0.204. The average molecular weight is 535 g/mol. The minimum atomic E-state index is -5.95. The summed E-state index contributed by atoms with van der Waals surface area (Å²) in [4.78, 5) is 36.9. The van der Waals surface area contributed by atoms with Gasteiger partial charge >= 0.3 is 33.3 Å². The van der Waals surface area contributed by atoms with E-state index in [-0.39, 0.29) is 72.9 Å². The molecular weight excluding hydrogens is 506 g/mol. The molecule has 0 radical (unpaired) electrons. The molecule has 0 aromatic heterocycles. The lowest BCUT2D eigenvalue weighted by Crippen LogP contribution is -2.58. The van der Waals surface area contributed by atoms with Gasteiger partial charge in [0.25, 0.3) is 0 Å². The molecule has 7 fully saturated rings. The first-order chi connectivity index (χ1) is 16.9. The summed E-state index contributed by atoms with van der Waals surface area (Å²) in [7, 11) is -5.95. The van der Waals surface area contributed by atoms with Crippen LogP contribution in [0.4, 0.5) is 8.78 Å². The molecule has 1 heterocycles. The normalized spacial score (nSPS) is 44.1. The van der Waals surface area contributed by atoms with Crippen molar-refractivity contribution in [2.75, 3.05) is 13.2 Å². The second-order valence-corrected chi connectivity index (χ2v) is 12.9. The predicted octanol–water partition coefficient (Wildman–Crippen LogP) is 1.71. The fourth-order valence-electron chi connectivity index (χ4n) is 8.32. The zero-order valence-corrected chi connectivity index (χ0v) is 20.2. The highest BCUT2D eigenvalue weighted by atomic mass is 32.2. The smallest absolute Gasteiger partial charge is 0.463 e. The molecule has 36 heavy (non-hydrogen) atoms. The van der Waals surface area contributed by atoms with E-state index in [2.05, 4.69) is 0 Å². The van der Waals surface area contributed by atoms with Gasteiger partial charge in [0, 0.05) is 5.92 Å². The van der Waals surface area contributed by atoms with Gasteiger partial charge in [0.05, 0.1) is 24.0 Å². The molecule has 10 nitrogen and oxygen atoms in total. The zero-order valence-electron chi connectivity index (χ0n) is 19.3. The summed E-state index contributed by atoms with van der Waals surface area (Å²) >= 11 is 0. The molecule has 0 aromatic rings. The molecule has 1 saturated heterocycles. The SMILES string of the molecule is O=C1OC2C3CC(CC13)C2OCCOC(=O)C12CC3CC(C1)C(OC(=O)C(F)(F)S(=O)(=O)O)C(C3)C2. The number of alkyl halides is 2. The molecule has 6 bridgehead atoms. The number of rotatable bonds is 8. The third-order valence-corrected chi connectivity index (χ3v) is 10.3. The Morgan fingerprint density at radius 1 is 1.03 bits per heavy atom. The maximum atomic E-state index is 13.7. The molecule has 7 rings (SSSR count). The highest BCUT2D eigenvalue weighted by molar-refractivity contribution is 7.87. The summed E-state index contributed by atoms with van der Waals surface area (Å²) in [6.45, 7) is 0.216. The Bertz CT molecular complexity index is 1080. The summed E-state index contributed by atoms with van der Waals surface area (Å²) in [5.41, 5.74) is -0.800. The van der Waals surface area contributed by atoms with E-state index >= 15 is 0 Å². The zero-order chi connectivity index (χ0) is 25.6. The van der Waals surface area contributed by atoms with Crippen molar-refractivity contribution >= 4 is 28.0 Å². The van der Waals surface area contributed by atoms with Gasteiger partial charge in [0.2, 0.25) is 0 Å². The summed E-state index contributed by atoms with van der Waals surface area (Å²) in [6.07, 6.45) is 2.71. The second kappa shape index (κ2) is 8.07. The van der Waals surface area contributed by atoms with E-state index in [1.807, 2.05) is 0 Å². The molecule has 6 saturated carbocycles. The van der Waals surface area contributed by atoms with Crippen molar-refractivity contribution in [1.29, 1.82) is 0 Å². The second-order valence-electron chi connectivity index (χ2n) is 11.5. The molecule has 1 N–H and O–H groups in total. The van der Waals surface area contributed by atoms with Crippen LogP contribution in [0.25, 0.3) is 0 Å². The monoisotopic (exact) mass is 534 g/mol. The molecule has 6 aliphatic carbocycles. The van der Waals surface area contributed by atoms with Crippen molar-refractivity contribution in [3.8, 4) is 0 Å². The standard InChI is InChI=1S/C23H28F2O10S/c24-23(25,36(29,30)31)21(28)35-16-12-3-10-4-13(16)9-22(7-10,8-12)20(27)33-2-1-32-17-11-5-14-15(6-11)19(26)34-18(14)17/h10-18H,1-9H2,(H,29,30,31). The van der Waals surface area contributed by atoms with Crippen LogP contribution in [0.1, 0.15) is 44.9 Å². The van der Waals surface area contributed by atoms with Gasteiger partial charge in [-0.05, 0) is 68.6 Å². The van der Waals surface area contributed by atoms with Crippen LogP contribution in [0.3, 0.4) is 0 Å². The van der Waals surface area contributed by atoms with Crippen LogP contribution >= 0.6 is 0 Å². The first-order valence-corrected chi connectivity index (χ1v) is 13.9. The lowest BCUT2D eigenvalue weighted by atomic mass is 9.48. The molecule has 0 amide bonds. The largest absolute Gasteiger partial charge is 0.465 e. The number of carbonyl (C=O) groups excluding carboxylic acids is 3. The predicted molar refractivity (Wildman–Crippen MR) is 113 cm³/mol. The first kappa shape index (κ1) is 24.5. The van der Waals surface area contributed by atoms with Crippen LogP contribution in [0, 0.1) is 40.9 Å². The summed E-state index contributed by atoms with van der Waals surface area (Å²) in [6, 6.07) is 0. The van der Waals surface area contributed by atoms with Crippen LogP contribution in [-0.2, 0) is 43.4 Å². The molecule has 1 aliphatic heterocycles. The van der Waals surface area contributed by atoms with Crippen molar-refractivity contribution in [3.63, 3.8) is 0 Å². The minimum Gasteiger partial charge on any atom is -0.463 e. The fraction of sp³-hybridized carbons (Fsp3) is 0.870. The van der Waals surface area contributed by atoms with Crippen LogP contribution in [0.15, 0.2) is 0 Å². The lowest BCUT2D eigenvalue weighted by Gasteiger charge is -2.57. The van der Waals surface area contributed by atoms with Gasteiger partial charge in [-0.25, -0.2) is 4.79 Å². The Morgan fingerprint density at radius 3 is 2.39 bits per heavy atom. The Kier molecular flexibility index (Phi) is 5.48. The van der Waals surface area contributed by atoms with Crippen LogP contribution < -0.4 is 0 Å². The van der Waals surface area contributed by atoms with Crippen molar-refractivity contribution in [2.45, 2.75) is 68.5 Å². The summed E-state index contributed by atoms with van der Waals surface area (Å²) in [5, 5.41) is -5.05. The third-order valence-electron chi connectivity index (χ3n) is 9.47. The van der Waals surface area contributed by atoms with E-state index < -0.39 is 32.9 Å². The Morgan fingerprint density at radius 2 is 1.72 bits per heavy atom. The number of hydrogen-bond acceptors (Lipinski definition) is 9. The Balaban J connectivity index is 1.03. The minimum absolute atomic E-state index is 0.00358. The Labute approximate surface area is 206 Å². The quantitative estimate of drug-likeness (QED) is 0.212. The van der Waals surface area contributed by atoms with Gasteiger partial charge in [0.15, 0.2) is 0 Å². The van der Waals surface area contributed by atoms with Gasteiger partial charge in [-0.1, -0.05) is 0 Å². The van der Waals surface area contributed by atoms with Gasteiger partial charge < -0.3 is 18.9 Å². The number of ether oxygens (including phenoxy) is 4. The van der Waals surface area contributed by atoms with Crippen molar-refractivity contribution in [1.82, 2.24) is 0 Å². The number of hydrogen-bond donors (Lipinski definition) is 1. The molecule has 7 atom stereocenters. The highest BCUT2D eigenvalue weighted by Crippen LogP contribution is 2.61. The van der Waals surface area contributed by atoms with E-state index in [1.165, 1.54) is 0 Å². The molecule has 200 valence electrons. The van der Waals surface area contributed by atoms with E-state index in [0.717, 1.165) is 12.8 Å². The van der Waals surface area contributed by atoms with E-state index in [9.17, 15) is 31.6 Å². The number of fused-ring (bicyclic) bond motifs is 1. The maximum Gasteiger partial charge on any atom is 0.465 e. The maximum absolute atomic E-state index is 13.7. The van der Waals surface area contributed by atoms with E-state index in [0.29, 0.717) is 32.1 Å². The van der Waals surface area contributed by atoms with Crippen LogP contribution in [-0.4, -0.2) is 67.7 Å². The summed E-state index contributed by atoms with van der Waals surface area (Å²) in [5.74, 6) is -2.92. The summed E-state index contributed by atoms with van der Waals surface area (Å²) < 4.78 is 79.8. The van der Waals surface area contributed by atoms with E-state index in [4.69, 9.17) is 23.5 Å². The van der Waals surface area contributed by atoms with Crippen molar-refractivity contribution in [3.05, 3.63) is 0 Å². The van der Waals surface area contributed by atoms with Gasteiger partial charge in [-0.15, -0.1) is 0 Å². The van der Waals surface area contributed by atoms with Crippen molar-refractivity contribution in [2.24, 2.45) is 40.9 Å². The average Bonchev–Trinajstić information content (AvgIpc) is 3.42. The number of carbonyl (C=O) groups is 3. The van der Waals surface area contributed by atoms with Gasteiger partial charge in [0.1, 0.15) is 18.8 Å². The highest BCUT2D eigenvalue weighted by Gasteiger charge is 2.64. The van der Waals surface area contributed by atoms with Crippen LogP contribution in [0.2, 0.25) is 0 Å². The molecule has 0 aromatic carbocycles. The first-order valence-electron chi connectivity index (χ1n) is 12.4. The topological polar surface area (TPSA) is 142 Å². The third kappa shape index (κ3) is 3.59. The Hall–Kier alpha value is -1.86. The molecule has 13 heteroatoms. The fourth-order valence-corrected chi connectivity index (χ4v) is 8.58. The number of esters is 3. The molecular formula is C23H28F2O10S. The van der Waals surface area contributed by atoms with Gasteiger partial charge in [-0.3, -0.25) is 14.1 Å². The molecule has 0 spiro atoms. The van der Waals surface area contributed by atoms with E-state index in [1.54, 1.807) is 0 Å². The molecule has 7 unspecified atom stereocenters. The van der Waals surface area contributed by atoms with Crippen molar-refractivity contribution < 1.29 is 55.1 Å².